The first-order chi connectivity index (χ1) is 11.4. The fourth-order valence-electron chi connectivity index (χ4n) is 3.02. The Hall–Kier alpha value is -1.47. The van der Waals surface area contributed by atoms with Crippen LogP contribution in [0.5, 0.6) is 0 Å². The topological polar surface area (TPSA) is 57.7 Å². The first-order valence-electron chi connectivity index (χ1n) is 8.38. The zero-order chi connectivity index (χ0) is 17.7. The molecule has 1 aliphatic rings. The molecule has 0 N–H and O–H groups in total. The Morgan fingerprint density at radius 1 is 1.29 bits per heavy atom. The first kappa shape index (κ1) is 18.9. The fraction of sp³-hybridized carbons (Fsp3) is 0.588. The third-order valence-corrected chi connectivity index (χ3v) is 6.40. The van der Waals surface area contributed by atoms with Crippen molar-refractivity contribution in [2.75, 3.05) is 25.4 Å². The molecule has 0 spiro atoms. The molecule has 1 aromatic carbocycles. The Bertz CT molecular complexity index is 670. The van der Waals surface area contributed by atoms with Crippen LogP contribution in [0.2, 0.25) is 0 Å². The number of benzene rings is 1. The summed E-state index contributed by atoms with van der Waals surface area (Å²) in [5, 5.41) is 0. The zero-order valence-corrected chi connectivity index (χ0v) is 15.1. The summed E-state index contributed by atoms with van der Waals surface area (Å²) in [4.78, 5) is 14.4. The second-order valence-electron chi connectivity index (χ2n) is 6.06. The number of hydrogen-bond donors (Lipinski definition) is 0. The van der Waals surface area contributed by atoms with Gasteiger partial charge in [0.05, 0.1) is 5.75 Å². The molecule has 1 heterocycles. The Morgan fingerprint density at radius 2 is 1.96 bits per heavy atom. The van der Waals surface area contributed by atoms with E-state index in [2.05, 4.69) is 0 Å². The van der Waals surface area contributed by atoms with Gasteiger partial charge in [-0.3, -0.25) is 4.79 Å². The van der Waals surface area contributed by atoms with Crippen LogP contribution < -0.4 is 0 Å². The molecule has 2 rings (SSSR count). The molecule has 0 bridgehead atoms. The summed E-state index contributed by atoms with van der Waals surface area (Å²) in [7, 11) is -3.18. The number of halogens is 1. The van der Waals surface area contributed by atoms with Crippen LogP contribution in [-0.4, -0.2) is 48.9 Å². The minimum atomic E-state index is -3.18. The highest BCUT2D eigenvalue weighted by Gasteiger charge is 2.32. The van der Waals surface area contributed by atoms with Crippen LogP contribution in [-0.2, 0) is 21.4 Å². The van der Waals surface area contributed by atoms with Gasteiger partial charge in [-0.25, -0.2) is 17.1 Å². The number of sulfonamides is 1. The van der Waals surface area contributed by atoms with Crippen LogP contribution in [0.1, 0.15) is 32.3 Å². The minimum Gasteiger partial charge on any atom is -0.338 e. The molecule has 134 valence electrons. The Balaban J connectivity index is 1.97. The van der Waals surface area contributed by atoms with Gasteiger partial charge in [0.1, 0.15) is 5.82 Å². The predicted octanol–water partition coefficient (Wildman–Crippen LogP) is 2.24. The molecular weight excluding hydrogens is 331 g/mol. The molecule has 24 heavy (non-hydrogen) atoms. The number of hydrogen-bond acceptors (Lipinski definition) is 3. The molecule has 1 fully saturated rings. The summed E-state index contributed by atoms with van der Waals surface area (Å²) < 4.78 is 38.5. The molecule has 0 aromatic heterocycles. The van der Waals surface area contributed by atoms with E-state index in [1.807, 2.05) is 6.92 Å². The monoisotopic (exact) mass is 356 g/mol. The molecule has 0 atom stereocenters. The van der Waals surface area contributed by atoms with Crippen molar-refractivity contribution in [2.45, 2.75) is 33.2 Å². The van der Waals surface area contributed by atoms with E-state index in [0.29, 0.717) is 39.0 Å². The average molecular weight is 356 g/mol. The number of piperidine rings is 1. The summed E-state index contributed by atoms with van der Waals surface area (Å²) in [5.41, 5.74) is 0.760. The third kappa shape index (κ3) is 4.54. The minimum absolute atomic E-state index is 0.0234. The fourth-order valence-corrected chi connectivity index (χ4v) is 4.16. The van der Waals surface area contributed by atoms with Crippen molar-refractivity contribution in [2.24, 2.45) is 5.92 Å². The third-order valence-electron chi connectivity index (χ3n) is 4.52. The lowest BCUT2D eigenvalue weighted by molar-refractivity contribution is -0.137. The Morgan fingerprint density at radius 3 is 2.50 bits per heavy atom. The van der Waals surface area contributed by atoms with Crippen molar-refractivity contribution >= 4 is 15.9 Å². The van der Waals surface area contributed by atoms with Gasteiger partial charge in [0, 0.05) is 32.1 Å². The average Bonchev–Trinajstić information content (AvgIpc) is 2.59. The van der Waals surface area contributed by atoms with Gasteiger partial charge in [-0.1, -0.05) is 12.1 Å². The van der Waals surface area contributed by atoms with Crippen LogP contribution in [0.3, 0.4) is 0 Å². The van der Waals surface area contributed by atoms with Gasteiger partial charge in [-0.15, -0.1) is 0 Å². The van der Waals surface area contributed by atoms with Gasteiger partial charge in [0.25, 0.3) is 0 Å². The molecule has 1 saturated heterocycles. The van der Waals surface area contributed by atoms with E-state index in [1.165, 1.54) is 16.4 Å². The van der Waals surface area contributed by atoms with Crippen LogP contribution in [0.25, 0.3) is 0 Å². The van der Waals surface area contributed by atoms with Crippen molar-refractivity contribution < 1.29 is 17.6 Å². The number of rotatable bonds is 6. The summed E-state index contributed by atoms with van der Waals surface area (Å²) in [6, 6.07) is 6.25. The van der Waals surface area contributed by atoms with Gasteiger partial charge in [-0.2, -0.15) is 0 Å². The lowest BCUT2D eigenvalue weighted by Gasteiger charge is -2.33. The summed E-state index contributed by atoms with van der Waals surface area (Å²) in [6.07, 6.45) is 1.08. The number of nitrogens with zero attached hydrogens (tertiary/aromatic N) is 2. The van der Waals surface area contributed by atoms with Gasteiger partial charge < -0.3 is 4.90 Å². The van der Waals surface area contributed by atoms with E-state index in [-0.39, 0.29) is 23.4 Å². The van der Waals surface area contributed by atoms with E-state index < -0.39 is 10.0 Å². The SMILES string of the molecule is CCN(Cc1cccc(F)c1)C(=O)C1CCN(S(=O)(=O)CC)CC1. The number of carbonyl (C=O) groups excluding carboxylic acids is 1. The van der Waals surface area contributed by atoms with E-state index in [0.717, 1.165) is 5.56 Å². The number of amides is 1. The maximum atomic E-state index is 13.3. The van der Waals surface area contributed by atoms with E-state index in [9.17, 15) is 17.6 Å². The molecule has 1 aromatic rings. The van der Waals surface area contributed by atoms with E-state index >= 15 is 0 Å². The summed E-state index contributed by atoms with van der Waals surface area (Å²) >= 11 is 0. The maximum Gasteiger partial charge on any atom is 0.226 e. The lowest BCUT2D eigenvalue weighted by atomic mass is 9.96. The predicted molar refractivity (Wildman–Crippen MR) is 91.2 cm³/mol. The van der Waals surface area contributed by atoms with Gasteiger partial charge in [0.2, 0.25) is 15.9 Å². The summed E-state index contributed by atoms with van der Waals surface area (Å²) in [5.74, 6) is -0.363. The molecular formula is C17H25FN2O3S. The highest BCUT2D eigenvalue weighted by Crippen LogP contribution is 2.23. The van der Waals surface area contributed by atoms with Gasteiger partial charge >= 0.3 is 0 Å². The maximum absolute atomic E-state index is 13.3. The van der Waals surface area contributed by atoms with Crippen molar-refractivity contribution in [3.63, 3.8) is 0 Å². The largest absolute Gasteiger partial charge is 0.338 e. The molecule has 0 unspecified atom stereocenters. The second kappa shape index (κ2) is 8.07. The van der Waals surface area contributed by atoms with Crippen LogP contribution in [0.4, 0.5) is 4.39 Å². The Kier molecular flexibility index (Phi) is 6.34. The molecule has 1 amide bonds. The lowest BCUT2D eigenvalue weighted by Crippen LogP contribution is -2.44. The smallest absolute Gasteiger partial charge is 0.226 e. The van der Waals surface area contributed by atoms with Crippen molar-refractivity contribution in [1.82, 2.24) is 9.21 Å². The molecule has 1 aliphatic heterocycles. The normalized spacial score (nSPS) is 17.0. The zero-order valence-electron chi connectivity index (χ0n) is 14.2. The van der Waals surface area contributed by atoms with Crippen molar-refractivity contribution in [1.29, 1.82) is 0 Å². The quantitative estimate of drug-likeness (QED) is 0.785. The van der Waals surface area contributed by atoms with E-state index in [1.54, 1.807) is 24.0 Å². The molecule has 0 saturated carbocycles. The summed E-state index contributed by atoms with van der Waals surface area (Å²) in [6.45, 7) is 5.23. The van der Waals surface area contributed by atoms with Crippen LogP contribution in [0.15, 0.2) is 24.3 Å². The Labute approximate surface area is 143 Å². The van der Waals surface area contributed by atoms with Crippen molar-refractivity contribution in [3.05, 3.63) is 35.6 Å². The highest BCUT2D eigenvalue weighted by molar-refractivity contribution is 7.89. The van der Waals surface area contributed by atoms with E-state index in [4.69, 9.17) is 0 Å². The standard InChI is InChI=1S/C17H25FN2O3S/c1-3-19(13-14-6-5-7-16(18)12-14)17(21)15-8-10-20(11-9-15)24(22,23)4-2/h5-7,12,15H,3-4,8-11,13H2,1-2H3. The van der Waals surface area contributed by atoms with Crippen LogP contribution in [0, 0.1) is 11.7 Å². The molecule has 5 nitrogen and oxygen atoms in total. The van der Waals surface area contributed by atoms with Gasteiger partial charge in [-0.05, 0) is 44.4 Å². The molecule has 0 aliphatic carbocycles. The van der Waals surface area contributed by atoms with Crippen molar-refractivity contribution in [3.8, 4) is 0 Å². The van der Waals surface area contributed by atoms with Crippen LogP contribution >= 0.6 is 0 Å². The number of carbonyl (C=O) groups is 1. The second-order valence-corrected chi connectivity index (χ2v) is 8.31. The molecule has 0 radical (unpaired) electrons. The highest BCUT2D eigenvalue weighted by atomic mass is 32.2. The first-order valence-corrected chi connectivity index (χ1v) is 9.99. The molecule has 7 heteroatoms. The van der Waals surface area contributed by atoms with Gasteiger partial charge in [0.15, 0.2) is 0 Å².